The Hall–Kier alpha value is -3.30. The molecule has 1 aliphatic heterocycles. The van der Waals surface area contributed by atoms with Crippen molar-refractivity contribution < 1.29 is 17.6 Å². The molecule has 36 heavy (non-hydrogen) atoms. The second-order valence-electron chi connectivity index (χ2n) is 8.57. The highest BCUT2D eigenvalue weighted by Gasteiger charge is 2.33. The number of aryl methyl sites for hydroxylation is 1. The third-order valence-corrected chi connectivity index (χ3v) is 8.53. The highest BCUT2D eigenvalue weighted by molar-refractivity contribution is 9.10. The molecule has 7 nitrogen and oxygen atoms in total. The third-order valence-electron chi connectivity index (χ3n) is 6.34. The number of ether oxygens (including phenoxy) is 1. The van der Waals surface area contributed by atoms with Gasteiger partial charge in [-0.15, -0.1) is 0 Å². The molecule has 0 radical (unpaired) electrons. The van der Waals surface area contributed by atoms with Crippen molar-refractivity contribution in [3.05, 3.63) is 82.8 Å². The molecule has 0 N–H and O–H groups in total. The molecule has 0 aliphatic carbocycles. The van der Waals surface area contributed by atoms with Crippen molar-refractivity contribution in [3.8, 4) is 17.2 Å². The van der Waals surface area contributed by atoms with Gasteiger partial charge in [0, 0.05) is 41.9 Å². The number of benzene rings is 3. The van der Waals surface area contributed by atoms with Gasteiger partial charge in [0.25, 0.3) is 0 Å². The third kappa shape index (κ3) is 4.73. The maximum Gasteiger partial charge on any atom is 0.236 e. The Labute approximate surface area is 219 Å². The smallest absolute Gasteiger partial charge is 0.236 e. The monoisotopic (exact) mass is 567 g/mol. The molecular weight excluding hydrogens is 542 g/mol. The van der Waals surface area contributed by atoms with Gasteiger partial charge in [-0.25, -0.2) is 8.42 Å². The lowest BCUT2D eigenvalue weighted by Gasteiger charge is -2.36. The Morgan fingerprint density at radius 3 is 2.17 bits per heavy atom. The van der Waals surface area contributed by atoms with E-state index in [1.54, 1.807) is 31.4 Å². The first kappa shape index (κ1) is 24.4. The van der Waals surface area contributed by atoms with Crippen molar-refractivity contribution in [1.29, 1.82) is 0 Å². The molecule has 0 atom stereocenters. The number of methoxy groups -OCH3 is 1. The van der Waals surface area contributed by atoms with Crippen LogP contribution in [0.15, 0.2) is 91.6 Å². The van der Waals surface area contributed by atoms with Crippen LogP contribution < -0.4 is 14.5 Å². The standard InChI is InChI=1S/C27H26BrN3O4S/c1-19-5-3-4-6-24(19)25-29-26(36(32,33)23-13-7-20(28)8-14-23)27(35-25)31-17-15-30(16-18-31)21-9-11-22(34-2)12-10-21/h3-14H,15-18H2,1-2H3. The van der Waals surface area contributed by atoms with E-state index in [-0.39, 0.29) is 15.8 Å². The molecule has 1 saturated heterocycles. The molecule has 0 saturated carbocycles. The van der Waals surface area contributed by atoms with Crippen LogP contribution in [0.1, 0.15) is 5.56 Å². The molecule has 0 spiro atoms. The fourth-order valence-corrected chi connectivity index (χ4v) is 5.87. The number of anilines is 2. The summed E-state index contributed by atoms with van der Waals surface area (Å²) in [4.78, 5) is 8.96. The summed E-state index contributed by atoms with van der Waals surface area (Å²) in [6.07, 6.45) is 0. The highest BCUT2D eigenvalue weighted by Crippen LogP contribution is 2.36. The zero-order chi connectivity index (χ0) is 25.3. The van der Waals surface area contributed by atoms with Crippen LogP contribution in [0.3, 0.4) is 0 Å². The maximum atomic E-state index is 13.7. The van der Waals surface area contributed by atoms with Gasteiger partial charge in [-0.2, -0.15) is 4.98 Å². The Morgan fingerprint density at radius 2 is 1.53 bits per heavy atom. The predicted molar refractivity (Wildman–Crippen MR) is 144 cm³/mol. The van der Waals surface area contributed by atoms with Gasteiger partial charge < -0.3 is 19.0 Å². The quantitative estimate of drug-likeness (QED) is 0.301. The minimum absolute atomic E-state index is 0.0547. The van der Waals surface area contributed by atoms with Crippen molar-refractivity contribution in [1.82, 2.24) is 4.98 Å². The van der Waals surface area contributed by atoms with Crippen molar-refractivity contribution in [2.75, 3.05) is 43.1 Å². The summed E-state index contributed by atoms with van der Waals surface area (Å²) < 4.78 is 39.7. The summed E-state index contributed by atoms with van der Waals surface area (Å²) in [6.45, 7) is 4.57. The van der Waals surface area contributed by atoms with Crippen molar-refractivity contribution in [3.63, 3.8) is 0 Å². The Balaban J connectivity index is 1.49. The van der Waals surface area contributed by atoms with Crippen LogP contribution in [0.5, 0.6) is 5.75 Å². The van der Waals surface area contributed by atoms with Crippen LogP contribution in [0.2, 0.25) is 0 Å². The zero-order valence-corrected chi connectivity index (χ0v) is 22.4. The molecular formula is C27H26BrN3O4S. The van der Waals surface area contributed by atoms with E-state index in [4.69, 9.17) is 9.15 Å². The molecule has 186 valence electrons. The second kappa shape index (κ2) is 9.99. The van der Waals surface area contributed by atoms with Crippen LogP contribution in [0.4, 0.5) is 11.6 Å². The minimum Gasteiger partial charge on any atom is -0.497 e. The molecule has 0 amide bonds. The minimum atomic E-state index is -3.90. The number of aromatic nitrogens is 1. The molecule has 1 fully saturated rings. The lowest BCUT2D eigenvalue weighted by molar-refractivity contribution is 0.415. The first-order valence-corrected chi connectivity index (χ1v) is 13.9. The number of sulfone groups is 1. The van der Waals surface area contributed by atoms with Gasteiger partial charge in [-0.1, -0.05) is 34.1 Å². The Morgan fingerprint density at radius 1 is 0.889 bits per heavy atom. The predicted octanol–water partition coefficient (Wildman–Crippen LogP) is 5.58. The SMILES string of the molecule is COc1ccc(N2CCN(c3oc(-c4ccccc4C)nc3S(=O)(=O)c3ccc(Br)cc3)CC2)cc1. The van der Waals surface area contributed by atoms with Gasteiger partial charge in [0.15, 0.2) is 0 Å². The molecule has 0 unspecified atom stereocenters. The van der Waals surface area contributed by atoms with Crippen molar-refractivity contribution in [2.24, 2.45) is 0 Å². The number of hydrogen-bond donors (Lipinski definition) is 0. The first-order valence-electron chi connectivity index (χ1n) is 11.6. The van der Waals surface area contributed by atoms with Gasteiger partial charge in [0.05, 0.1) is 12.0 Å². The van der Waals surface area contributed by atoms with Crippen LogP contribution in [0, 0.1) is 6.92 Å². The number of nitrogens with zero attached hydrogens (tertiary/aromatic N) is 3. The highest BCUT2D eigenvalue weighted by atomic mass is 79.9. The summed E-state index contributed by atoms with van der Waals surface area (Å²) in [5.41, 5.74) is 2.83. The van der Waals surface area contributed by atoms with E-state index in [2.05, 4.69) is 25.8 Å². The maximum absolute atomic E-state index is 13.7. The molecule has 1 aliphatic rings. The van der Waals surface area contributed by atoms with Crippen LogP contribution >= 0.6 is 15.9 Å². The number of rotatable bonds is 6. The van der Waals surface area contributed by atoms with E-state index < -0.39 is 9.84 Å². The summed E-state index contributed by atoms with van der Waals surface area (Å²) in [5, 5.41) is -0.0547. The lowest BCUT2D eigenvalue weighted by atomic mass is 10.1. The molecule has 3 aromatic carbocycles. The van der Waals surface area contributed by atoms with Crippen LogP contribution in [0.25, 0.3) is 11.5 Å². The number of hydrogen-bond acceptors (Lipinski definition) is 7. The summed E-state index contributed by atoms with van der Waals surface area (Å²) in [5.74, 6) is 1.40. The summed E-state index contributed by atoms with van der Waals surface area (Å²) >= 11 is 3.37. The largest absolute Gasteiger partial charge is 0.497 e. The van der Waals surface area contributed by atoms with Crippen LogP contribution in [-0.4, -0.2) is 46.7 Å². The van der Waals surface area contributed by atoms with Gasteiger partial charge >= 0.3 is 0 Å². The molecule has 4 aromatic rings. The zero-order valence-electron chi connectivity index (χ0n) is 20.0. The summed E-state index contributed by atoms with van der Waals surface area (Å²) in [7, 11) is -2.25. The normalized spacial score (nSPS) is 14.2. The Bertz CT molecular complexity index is 1460. The van der Waals surface area contributed by atoms with E-state index >= 15 is 0 Å². The average Bonchev–Trinajstić information content (AvgIpc) is 3.36. The van der Waals surface area contributed by atoms with E-state index in [1.807, 2.05) is 60.4 Å². The second-order valence-corrected chi connectivity index (χ2v) is 11.4. The average molecular weight is 568 g/mol. The molecule has 0 bridgehead atoms. The number of halogens is 1. The fraction of sp³-hybridized carbons (Fsp3) is 0.222. The van der Waals surface area contributed by atoms with Gasteiger partial charge in [-0.05, 0) is 67.1 Å². The van der Waals surface area contributed by atoms with Gasteiger partial charge in [-0.3, -0.25) is 0 Å². The lowest BCUT2D eigenvalue weighted by Crippen LogP contribution is -2.46. The molecule has 9 heteroatoms. The Kier molecular flexibility index (Phi) is 6.77. The van der Waals surface area contributed by atoms with E-state index in [1.165, 1.54) is 0 Å². The molecule has 1 aromatic heterocycles. The molecule has 5 rings (SSSR count). The molecule has 2 heterocycles. The first-order chi connectivity index (χ1) is 17.4. The van der Waals surface area contributed by atoms with Gasteiger partial charge in [0.1, 0.15) is 5.75 Å². The van der Waals surface area contributed by atoms with E-state index in [0.29, 0.717) is 32.1 Å². The van der Waals surface area contributed by atoms with Crippen LogP contribution in [-0.2, 0) is 9.84 Å². The van der Waals surface area contributed by atoms with E-state index in [9.17, 15) is 8.42 Å². The van der Waals surface area contributed by atoms with Crippen molar-refractivity contribution in [2.45, 2.75) is 16.8 Å². The van der Waals surface area contributed by atoms with E-state index in [0.717, 1.165) is 27.0 Å². The topological polar surface area (TPSA) is 75.9 Å². The fourth-order valence-electron chi connectivity index (χ4n) is 4.29. The number of oxazole rings is 1. The summed E-state index contributed by atoms with van der Waals surface area (Å²) in [6, 6.07) is 22.2. The number of piperazine rings is 1. The van der Waals surface area contributed by atoms with Crippen molar-refractivity contribution >= 4 is 37.3 Å². The van der Waals surface area contributed by atoms with Gasteiger partial charge in [0.2, 0.25) is 26.6 Å².